The lowest BCUT2D eigenvalue weighted by Crippen LogP contribution is -2.36. The predicted octanol–water partition coefficient (Wildman–Crippen LogP) is 3.30. The van der Waals surface area contributed by atoms with E-state index in [1.807, 2.05) is 0 Å². The molecule has 130 valence electrons. The van der Waals surface area contributed by atoms with Crippen LogP contribution < -0.4 is 11.1 Å². The van der Waals surface area contributed by atoms with Crippen molar-refractivity contribution in [3.05, 3.63) is 35.4 Å². The molecule has 1 amide bonds. The van der Waals surface area contributed by atoms with Gasteiger partial charge in [-0.1, -0.05) is 18.6 Å². The highest BCUT2D eigenvalue weighted by molar-refractivity contribution is 5.85. The third kappa shape index (κ3) is 6.39. The lowest BCUT2D eigenvalue weighted by atomic mass is 9.86. The number of nitrogens with two attached hydrogens (primary N) is 1. The van der Waals surface area contributed by atoms with Gasteiger partial charge in [0.15, 0.2) is 0 Å². The molecule has 7 heteroatoms. The fraction of sp³-hybridized carbons (Fsp3) is 0.562. The minimum absolute atomic E-state index is 0. The van der Waals surface area contributed by atoms with E-state index in [9.17, 15) is 18.0 Å². The van der Waals surface area contributed by atoms with E-state index in [2.05, 4.69) is 5.32 Å². The lowest BCUT2D eigenvalue weighted by molar-refractivity contribution is -0.137. The van der Waals surface area contributed by atoms with E-state index in [0.29, 0.717) is 18.0 Å². The first-order chi connectivity index (χ1) is 10.3. The zero-order valence-corrected chi connectivity index (χ0v) is 13.6. The van der Waals surface area contributed by atoms with Crippen LogP contribution in [0.2, 0.25) is 0 Å². The second-order valence-corrected chi connectivity index (χ2v) is 5.97. The van der Waals surface area contributed by atoms with E-state index in [-0.39, 0.29) is 30.8 Å². The highest BCUT2D eigenvalue weighted by atomic mass is 35.5. The first kappa shape index (κ1) is 19.8. The molecule has 2 atom stereocenters. The number of rotatable bonds is 4. The summed E-state index contributed by atoms with van der Waals surface area (Å²) in [5.74, 6) is 0.235. The molecule has 1 aromatic carbocycles. The largest absolute Gasteiger partial charge is 0.416 e. The fourth-order valence-electron chi connectivity index (χ4n) is 2.84. The van der Waals surface area contributed by atoms with E-state index in [1.165, 1.54) is 12.1 Å². The van der Waals surface area contributed by atoms with E-state index in [0.717, 1.165) is 37.8 Å². The topological polar surface area (TPSA) is 55.1 Å². The summed E-state index contributed by atoms with van der Waals surface area (Å²) >= 11 is 0. The third-order valence-electron chi connectivity index (χ3n) is 4.06. The van der Waals surface area contributed by atoms with Crippen molar-refractivity contribution in [1.29, 1.82) is 0 Å². The van der Waals surface area contributed by atoms with Crippen LogP contribution in [0.3, 0.4) is 0 Å². The molecule has 0 saturated heterocycles. The summed E-state index contributed by atoms with van der Waals surface area (Å²) in [6.07, 6.45) is -0.150. The second-order valence-electron chi connectivity index (χ2n) is 5.97. The number of halogens is 4. The molecule has 3 nitrogen and oxygen atoms in total. The van der Waals surface area contributed by atoms with Gasteiger partial charge in [-0.3, -0.25) is 4.79 Å². The molecule has 1 fully saturated rings. The maximum absolute atomic E-state index is 12.5. The molecular weight excluding hydrogens is 329 g/mol. The smallest absolute Gasteiger partial charge is 0.356 e. The van der Waals surface area contributed by atoms with E-state index < -0.39 is 11.7 Å². The molecule has 23 heavy (non-hydrogen) atoms. The number of nitrogens with one attached hydrogen (secondary N) is 1. The number of carbonyl (C=O) groups excluding carboxylic acids is 1. The highest BCUT2D eigenvalue weighted by Crippen LogP contribution is 2.29. The molecular formula is C16H22ClF3N2O. The van der Waals surface area contributed by atoms with Gasteiger partial charge in [0.2, 0.25) is 5.91 Å². The van der Waals surface area contributed by atoms with Crippen molar-refractivity contribution in [3.63, 3.8) is 0 Å². The van der Waals surface area contributed by atoms with Gasteiger partial charge < -0.3 is 11.1 Å². The minimum Gasteiger partial charge on any atom is -0.356 e. The first-order valence-electron chi connectivity index (χ1n) is 7.53. The molecule has 0 radical (unpaired) electrons. The molecule has 0 bridgehead atoms. The predicted molar refractivity (Wildman–Crippen MR) is 85.3 cm³/mol. The van der Waals surface area contributed by atoms with Crippen molar-refractivity contribution >= 4 is 18.3 Å². The average Bonchev–Trinajstić information content (AvgIpc) is 2.45. The SMILES string of the molecule is Cl.NC1CCCC(CNC(=O)Cc2ccc(C(F)(F)F)cc2)C1. The number of alkyl halides is 3. The zero-order valence-electron chi connectivity index (χ0n) is 12.7. The van der Waals surface area contributed by atoms with Crippen LogP contribution in [0.15, 0.2) is 24.3 Å². The van der Waals surface area contributed by atoms with Crippen LogP contribution in [-0.2, 0) is 17.4 Å². The third-order valence-corrected chi connectivity index (χ3v) is 4.06. The Kier molecular flexibility index (Phi) is 7.35. The van der Waals surface area contributed by atoms with E-state index in [1.54, 1.807) is 0 Å². The maximum atomic E-state index is 12.5. The van der Waals surface area contributed by atoms with Gasteiger partial charge in [-0.2, -0.15) is 13.2 Å². The summed E-state index contributed by atoms with van der Waals surface area (Å²) in [6.45, 7) is 0.590. The quantitative estimate of drug-likeness (QED) is 0.875. The first-order valence-corrected chi connectivity index (χ1v) is 7.53. The Balaban J connectivity index is 0.00000264. The van der Waals surface area contributed by atoms with Gasteiger partial charge in [0.1, 0.15) is 0 Å². The molecule has 1 aromatic rings. The normalized spacial score (nSPS) is 21.4. The molecule has 2 unspecified atom stereocenters. The van der Waals surface area contributed by atoms with Gasteiger partial charge in [-0.15, -0.1) is 12.4 Å². The monoisotopic (exact) mass is 350 g/mol. The maximum Gasteiger partial charge on any atom is 0.416 e. The molecule has 3 N–H and O–H groups in total. The van der Waals surface area contributed by atoms with Crippen molar-refractivity contribution in [2.24, 2.45) is 11.7 Å². The summed E-state index contributed by atoms with van der Waals surface area (Å²) in [5, 5.41) is 2.85. The summed E-state index contributed by atoms with van der Waals surface area (Å²) in [4.78, 5) is 11.9. The summed E-state index contributed by atoms with van der Waals surface area (Å²) in [7, 11) is 0. The van der Waals surface area contributed by atoms with Gasteiger partial charge in [-0.05, 0) is 42.9 Å². The van der Waals surface area contributed by atoms with Crippen LogP contribution in [0.25, 0.3) is 0 Å². The Bertz CT molecular complexity index is 505. The summed E-state index contributed by atoms with van der Waals surface area (Å²) in [5.41, 5.74) is 5.77. The van der Waals surface area contributed by atoms with Gasteiger partial charge in [-0.25, -0.2) is 0 Å². The molecule has 1 aliphatic carbocycles. The van der Waals surface area contributed by atoms with Crippen LogP contribution in [0.5, 0.6) is 0 Å². The highest BCUT2D eigenvalue weighted by Gasteiger charge is 2.30. The Morgan fingerprint density at radius 2 is 1.87 bits per heavy atom. The van der Waals surface area contributed by atoms with Gasteiger partial charge >= 0.3 is 6.18 Å². The van der Waals surface area contributed by atoms with Gasteiger partial charge in [0.05, 0.1) is 12.0 Å². The van der Waals surface area contributed by atoms with Gasteiger partial charge in [0.25, 0.3) is 0 Å². The van der Waals surface area contributed by atoms with Crippen LogP contribution in [-0.4, -0.2) is 18.5 Å². The number of hydrogen-bond acceptors (Lipinski definition) is 2. The Hall–Kier alpha value is -1.27. The number of amides is 1. The Labute approximate surface area is 140 Å². The standard InChI is InChI=1S/C16H21F3N2O.ClH/c17-16(18,19)13-6-4-11(5-7-13)9-15(22)21-10-12-2-1-3-14(20)8-12;/h4-7,12,14H,1-3,8-10,20H2,(H,21,22);1H. The fourth-order valence-corrected chi connectivity index (χ4v) is 2.84. The molecule has 1 saturated carbocycles. The molecule has 1 aliphatic rings. The Morgan fingerprint density at radius 3 is 2.43 bits per heavy atom. The lowest BCUT2D eigenvalue weighted by Gasteiger charge is -2.26. The van der Waals surface area contributed by atoms with Crippen molar-refractivity contribution < 1.29 is 18.0 Å². The summed E-state index contributed by atoms with van der Waals surface area (Å²) < 4.78 is 37.4. The molecule has 0 aromatic heterocycles. The van der Waals surface area contributed by atoms with Crippen LogP contribution in [0.1, 0.15) is 36.8 Å². The number of hydrogen-bond donors (Lipinski definition) is 2. The minimum atomic E-state index is -4.35. The van der Waals surface area contributed by atoms with Crippen LogP contribution in [0.4, 0.5) is 13.2 Å². The Morgan fingerprint density at radius 1 is 1.22 bits per heavy atom. The van der Waals surface area contributed by atoms with Gasteiger partial charge in [0, 0.05) is 12.6 Å². The van der Waals surface area contributed by atoms with Crippen LogP contribution >= 0.6 is 12.4 Å². The van der Waals surface area contributed by atoms with Crippen molar-refractivity contribution in [3.8, 4) is 0 Å². The van der Waals surface area contributed by atoms with Crippen molar-refractivity contribution in [2.45, 2.75) is 44.3 Å². The van der Waals surface area contributed by atoms with E-state index >= 15 is 0 Å². The van der Waals surface area contributed by atoms with E-state index in [4.69, 9.17) is 5.73 Å². The van der Waals surface area contributed by atoms with Crippen LogP contribution in [0, 0.1) is 5.92 Å². The molecule has 2 rings (SSSR count). The summed E-state index contributed by atoms with van der Waals surface area (Å²) in [6, 6.07) is 4.91. The second kappa shape index (κ2) is 8.55. The number of benzene rings is 1. The number of carbonyl (C=O) groups is 1. The molecule has 0 heterocycles. The van der Waals surface area contributed by atoms with Crippen molar-refractivity contribution in [1.82, 2.24) is 5.32 Å². The molecule has 0 spiro atoms. The zero-order chi connectivity index (χ0) is 16.2. The van der Waals surface area contributed by atoms with Crippen molar-refractivity contribution in [2.75, 3.05) is 6.54 Å². The molecule has 0 aliphatic heterocycles. The average molecular weight is 351 g/mol.